The van der Waals surface area contributed by atoms with E-state index in [0.717, 1.165) is 25.9 Å². The van der Waals surface area contributed by atoms with Crippen LogP contribution >= 0.6 is 0 Å². The summed E-state index contributed by atoms with van der Waals surface area (Å²) in [6.07, 6.45) is 4.36. The van der Waals surface area contributed by atoms with Crippen LogP contribution in [0, 0.1) is 5.92 Å². The first-order chi connectivity index (χ1) is 11.1. The summed E-state index contributed by atoms with van der Waals surface area (Å²) in [5, 5.41) is 10.5. The third kappa shape index (κ3) is 5.35. The first kappa shape index (κ1) is 17.5. The molecule has 1 saturated heterocycles. The first-order valence-corrected chi connectivity index (χ1v) is 8.29. The number of carbonyl (C=O) groups is 2. The Hall–Kier alpha value is -1.89. The van der Waals surface area contributed by atoms with Crippen LogP contribution in [0.25, 0.3) is 0 Å². The van der Waals surface area contributed by atoms with Gasteiger partial charge in [0, 0.05) is 25.7 Å². The molecule has 1 amide bonds. The topological polar surface area (TPSA) is 85.2 Å². The molecule has 7 heteroatoms. The smallest absolute Gasteiger partial charge is 0.306 e. The summed E-state index contributed by atoms with van der Waals surface area (Å²) < 4.78 is 6.77. The molecule has 1 aromatic heterocycles. The highest BCUT2D eigenvalue weighted by Gasteiger charge is 2.18. The number of piperidine rings is 1. The number of nitrogens with zero attached hydrogens (tertiary/aromatic N) is 2. The summed E-state index contributed by atoms with van der Waals surface area (Å²) in [4.78, 5) is 23.5. The summed E-state index contributed by atoms with van der Waals surface area (Å²) >= 11 is 0. The fourth-order valence-corrected chi connectivity index (χ4v) is 2.66. The Morgan fingerprint density at radius 2 is 2.39 bits per heavy atom. The van der Waals surface area contributed by atoms with E-state index in [-0.39, 0.29) is 17.8 Å². The fraction of sp³-hybridized carbons (Fsp3) is 0.688. The van der Waals surface area contributed by atoms with Crippen LogP contribution in [0.1, 0.15) is 49.6 Å². The normalized spacial score (nSPS) is 19.1. The second-order valence-electron chi connectivity index (χ2n) is 6.01. The summed E-state index contributed by atoms with van der Waals surface area (Å²) in [6.45, 7) is 6.43. The molecular weight excluding hydrogens is 296 g/mol. The molecule has 1 aliphatic rings. The number of nitrogens with one attached hydrogen (secondary N) is 2. The summed E-state index contributed by atoms with van der Waals surface area (Å²) in [6, 6.07) is 2.05. The Morgan fingerprint density at radius 1 is 1.57 bits per heavy atom. The van der Waals surface area contributed by atoms with Crippen LogP contribution in [0.3, 0.4) is 0 Å². The van der Waals surface area contributed by atoms with Crippen molar-refractivity contribution in [3.05, 3.63) is 18.0 Å². The molecule has 0 aromatic carbocycles. The van der Waals surface area contributed by atoms with Crippen molar-refractivity contribution in [3.8, 4) is 0 Å². The number of esters is 1. The molecule has 0 radical (unpaired) electrons. The van der Waals surface area contributed by atoms with Gasteiger partial charge in [0.05, 0.1) is 12.6 Å². The lowest BCUT2D eigenvalue weighted by Gasteiger charge is -2.22. The van der Waals surface area contributed by atoms with Gasteiger partial charge in [-0.05, 0) is 38.3 Å². The minimum Gasteiger partial charge on any atom is -0.466 e. The van der Waals surface area contributed by atoms with Crippen molar-refractivity contribution in [2.24, 2.45) is 5.92 Å². The standard InChI is InChI=1S/C16H26N4O3/c1-3-23-15(21)9-12(2)10-18-16(22)14-6-8-20(19-14)13-5-4-7-17-11-13/h6,8,12-13,17H,3-5,7,9-11H2,1-2H3,(H,18,22). The number of amides is 1. The highest BCUT2D eigenvalue weighted by Crippen LogP contribution is 2.15. The zero-order valence-electron chi connectivity index (χ0n) is 13.9. The Balaban J connectivity index is 1.79. The summed E-state index contributed by atoms with van der Waals surface area (Å²) in [7, 11) is 0. The zero-order valence-corrected chi connectivity index (χ0v) is 13.9. The molecule has 1 fully saturated rings. The van der Waals surface area contributed by atoms with E-state index >= 15 is 0 Å². The monoisotopic (exact) mass is 322 g/mol. The van der Waals surface area contributed by atoms with Crippen molar-refractivity contribution in [2.45, 2.75) is 39.2 Å². The van der Waals surface area contributed by atoms with Crippen molar-refractivity contribution in [2.75, 3.05) is 26.2 Å². The molecule has 23 heavy (non-hydrogen) atoms. The maximum Gasteiger partial charge on any atom is 0.306 e. The third-order valence-corrected chi connectivity index (χ3v) is 3.92. The van der Waals surface area contributed by atoms with Crippen LogP contribution < -0.4 is 10.6 Å². The van der Waals surface area contributed by atoms with Gasteiger partial charge in [0.1, 0.15) is 5.69 Å². The van der Waals surface area contributed by atoms with Crippen molar-refractivity contribution < 1.29 is 14.3 Å². The number of rotatable bonds is 7. The molecule has 1 aliphatic heterocycles. The molecule has 0 aliphatic carbocycles. The Labute approximate surface area is 136 Å². The predicted molar refractivity (Wildman–Crippen MR) is 86.1 cm³/mol. The van der Waals surface area contributed by atoms with Crippen molar-refractivity contribution in [1.29, 1.82) is 0 Å². The molecule has 2 unspecified atom stereocenters. The number of ether oxygens (including phenoxy) is 1. The summed E-state index contributed by atoms with van der Waals surface area (Å²) in [5.74, 6) is -0.408. The number of hydrogen-bond acceptors (Lipinski definition) is 5. The number of aromatic nitrogens is 2. The number of hydrogen-bond donors (Lipinski definition) is 2. The van der Waals surface area contributed by atoms with E-state index in [0.29, 0.717) is 31.3 Å². The van der Waals surface area contributed by atoms with Crippen molar-refractivity contribution in [1.82, 2.24) is 20.4 Å². The SMILES string of the molecule is CCOC(=O)CC(C)CNC(=O)c1ccn(C2CCCNC2)n1. The second-order valence-corrected chi connectivity index (χ2v) is 6.01. The van der Waals surface area contributed by atoms with Gasteiger partial charge < -0.3 is 15.4 Å². The predicted octanol–water partition coefficient (Wildman–Crippen LogP) is 1.13. The summed E-state index contributed by atoms with van der Waals surface area (Å²) in [5.41, 5.74) is 0.416. The van der Waals surface area contributed by atoms with Gasteiger partial charge in [-0.2, -0.15) is 5.10 Å². The minimum absolute atomic E-state index is 0.0302. The quantitative estimate of drug-likeness (QED) is 0.735. The lowest BCUT2D eigenvalue weighted by Crippen LogP contribution is -2.32. The molecular formula is C16H26N4O3. The highest BCUT2D eigenvalue weighted by atomic mass is 16.5. The maximum absolute atomic E-state index is 12.1. The van der Waals surface area contributed by atoms with Crippen LogP contribution in [0.4, 0.5) is 0 Å². The molecule has 1 aromatic rings. The van der Waals surface area contributed by atoms with Crippen molar-refractivity contribution in [3.63, 3.8) is 0 Å². The molecule has 7 nitrogen and oxygen atoms in total. The van der Waals surface area contributed by atoms with Crippen LogP contribution in [-0.4, -0.2) is 47.9 Å². The zero-order chi connectivity index (χ0) is 16.7. The molecule has 0 spiro atoms. The van der Waals surface area contributed by atoms with E-state index in [1.54, 1.807) is 13.0 Å². The molecule has 0 saturated carbocycles. The molecule has 2 rings (SSSR count). The molecule has 128 valence electrons. The van der Waals surface area contributed by atoms with Crippen LogP contribution in [0.2, 0.25) is 0 Å². The Morgan fingerprint density at radius 3 is 3.09 bits per heavy atom. The van der Waals surface area contributed by atoms with Gasteiger partial charge in [0.25, 0.3) is 5.91 Å². The van der Waals surface area contributed by atoms with Gasteiger partial charge in [-0.15, -0.1) is 0 Å². The van der Waals surface area contributed by atoms with E-state index < -0.39 is 0 Å². The van der Waals surface area contributed by atoms with Crippen molar-refractivity contribution >= 4 is 11.9 Å². The molecule has 2 heterocycles. The molecule has 0 bridgehead atoms. The third-order valence-electron chi connectivity index (χ3n) is 3.92. The number of carbonyl (C=O) groups excluding carboxylic acids is 2. The van der Waals surface area contributed by atoms with Gasteiger partial charge in [-0.3, -0.25) is 14.3 Å². The minimum atomic E-state index is -0.233. The molecule has 2 N–H and O–H groups in total. The second kappa shape index (κ2) is 8.67. The molecule has 2 atom stereocenters. The maximum atomic E-state index is 12.1. The van der Waals surface area contributed by atoms with E-state index in [1.165, 1.54) is 0 Å². The van der Waals surface area contributed by atoms with E-state index in [2.05, 4.69) is 15.7 Å². The van der Waals surface area contributed by atoms with Gasteiger partial charge in [-0.25, -0.2) is 0 Å². The Kier molecular flexibility index (Phi) is 6.58. The van der Waals surface area contributed by atoms with Gasteiger partial charge in [0.2, 0.25) is 0 Å². The van der Waals surface area contributed by atoms with Gasteiger partial charge >= 0.3 is 5.97 Å². The first-order valence-electron chi connectivity index (χ1n) is 8.29. The fourth-order valence-electron chi connectivity index (χ4n) is 2.66. The lowest BCUT2D eigenvalue weighted by molar-refractivity contribution is -0.144. The van der Waals surface area contributed by atoms with Crippen LogP contribution in [0.15, 0.2) is 12.3 Å². The largest absolute Gasteiger partial charge is 0.466 e. The Bertz CT molecular complexity index is 523. The van der Waals surface area contributed by atoms with Crippen LogP contribution in [0.5, 0.6) is 0 Å². The highest BCUT2D eigenvalue weighted by molar-refractivity contribution is 5.92. The van der Waals surface area contributed by atoms with E-state index in [1.807, 2.05) is 17.8 Å². The van der Waals surface area contributed by atoms with E-state index in [4.69, 9.17) is 4.74 Å². The average Bonchev–Trinajstić information content (AvgIpc) is 3.03. The van der Waals surface area contributed by atoms with Gasteiger partial charge in [0.15, 0.2) is 0 Å². The van der Waals surface area contributed by atoms with Crippen LogP contribution in [-0.2, 0) is 9.53 Å². The lowest BCUT2D eigenvalue weighted by atomic mass is 10.1. The van der Waals surface area contributed by atoms with Gasteiger partial charge in [-0.1, -0.05) is 6.92 Å². The average molecular weight is 322 g/mol. The van der Waals surface area contributed by atoms with E-state index in [9.17, 15) is 9.59 Å².